The Morgan fingerprint density at radius 3 is 2.31 bits per heavy atom. The molecular formula is C29H29N7O3. The molecule has 1 unspecified atom stereocenters. The Hall–Kier alpha value is -4.99. The summed E-state index contributed by atoms with van der Waals surface area (Å²) in [7, 11) is 0. The zero-order valence-corrected chi connectivity index (χ0v) is 22.0. The summed E-state index contributed by atoms with van der Waals surface area (Å²) in [6.45, 7) is 7.87. The van der Waals surface area contributed by atoms with Crippen molar-refractivity contribution >= 4 is 28.9 Å². The number of nitro groups is 1. The highest BCUT2D eigenvalue weighted by molar-refractivity contribution is 6.06. The van der Waals surface area contributed by atoms with E-state index in [0.717, 1.165) is 24.3 Å². The van der Waals surface area contributed by atoms with E-state index >= 15 is 0 Å². The van der Waals surface area contributed by atoms with Gasteiger partial charge in [-0.1, -0.05) is 18.2 Å². The number of rotatable bonds is 8. The summed E-state index contributed by atoms with van der Waals surface area (Å²) in [6.07, 6.45) is 0. The molecular weight excluding hydrogens is 494 g/mol. The second kappa shape index (κ2) is 10.8. The lowest BCUT2D eigenvalue weighted by Gasteiger charge is -2.28. The molecule has 0 bridgehead atoms. The average Bonchev–Trinajstić information content (AvgIpc) is 3.37. The summed E-state index contributed by atoms with van der Waals surface area (Å²) in [5, 5.41) is 22.3. The Morgan fingerprint density at radius 2 is 1.69 bits per heavy atom. The van der Waals surface area contributed by atoms with Gasteiger partial charge in [0.25, 0.3) is 11.6 Å². The number of carbonyl (C=O) groups excluding carboxylic acids is 1. The molecule has 10 nitrogen and oxygen atoms in total. The van der Waals surface area contributed by atoms with Crippen molar-refractivity contribution in [3.8, 4) is 11.4 Å². The average molecular weight is 524 g/mol. The van der Waals surface area contributed by atoms with Gasteiger partial charge in [0.05, 0.1) is 10.5 Å². The van der Waals surface area contributed by atoms with E-state index < -0.39 is 11.0 Å². The molecule has 198 valence electrons. The van der Waals surface area contributed by atoms with Crippen molar-refractivity contribution in [3.63, 3.8) is 0 Å². The molecule has 0 saturated heterocycles. The van der Waals surface area contributed by atoms with Gasteiger partial charge in [-0.15, -0.1) is 5.10 Å². The molecule has 2 heterocycles. The zero-order valence-electron chi connectivity index (χ0n) is 22.0. The van der Waals surface area contributed by atoms with Crippen LogP contribution in [-0.4, -0.2) is 38.7 Å². The SMILES string of the molecule is CCN(CC)c1ccc(-c2nc3n(n2)C(c2ccc([N+](=O)[O-])cc2)C(C(=O)Nc2ccccc2)=C(C)N3)cc1. The van der Waals surface area contributed by atoms with Crippen molar-refractivity contribution in [1.29, 1.82) is 0 Å². The third-order valence-corrected chi connectivity index (χ3v) is 6.80. The molecule has 1 amide bonds. The maximum atomic E-state index is 13.6. The number of non-ortho nitro benzene ring substituents is 1. The fraction of sp³-hybridized carbons (Fsp3) is 0.207. The quantitative estimate of drug-likeness (QED) is 0.227. The summed E-state index contributed by atoms with van der Waals surface area (Å²) in [5.41, 5.74) is 4.31. The molecule has 0 saturated carbocycles. The van der Waals surface area contributed by atoms with Crippen LogP contribution in [0.4, 0.5) is 23.0 Å². The van der Waals surface area contributed by atoms with E-state index in [2.05, 4.69) is 29.4 Å². The number of benzene rings is 3. The van der Waals surface area contributed by atoms with Crippen LogP contribution in [0, 0.1) is 10.1 Å². The van der Waals surface area contributed by atoms with E-state index in [-0.39, 0.29) is 11.6 Å². The van der Waals surface area contributed by atoms with E-state index in [0.29, 0.717) is 34.3 Å². The van der Waals surface area contributed by atoms with Crippen molar-refractivity contribution in [2.24, 2.45) is 0 Å². The van der Waals surface area contributed by atoms with Crippen LogP contribution < -0.4 is 15.5 Å². The Labute approximate surface area is 226 Å². The maximum Gasteiger partial charge on any atom is 0.269 e. The Morgan fingerprint density at radius 1 is 1.03 bits per heavy atom. The second-order valence-corrected chi connectivity index (χ2v) is 9.16. The van der Waals surface area contributed by atoms with Gasteiger partial charge in [-0.2, -0.15) is 4.98 Å². The number of nitrogens with one attached hydrogen (secondary N) is 2. The Balaban J connectivity index is 1.56. The van der Waals surface area contributed by atoms with Crippen LogP contribution in [0.25, 0.3) is 11.4 Å². The second-order valence-electron chi connectivity index (χ2n) is 9.16. The van der Waals surface area contributed by atoms with Crippen molar-refractivity contribution in [2.45, 2.75) is 26.8 Å². The summed E-state index contributed by atoms with van der Waals surface area (Å²) < 4.78 is 1.67. The third-order valence-electron chi connectivity index (χ3n) is 6.80. The van der Waals surface area contributed by atoms with Gasteiger partial charge in [0.1, 0.15) is 6.04 Å². The molecule has 1 aromatic heterocycles. The first-order valence-corrected chi connectivity index (χ1v) is 12.8. The molecule has 3 aromatic carbocycles. The first-order chi connectivity index (χ1) is 18.9. The molecule has 0 radical (unpaired) electrons. The van der Waals surface area contributed by atoms with Crippen molar-refractivity contribution in [3.05, 3.63) is 106 Å². The lowest BCUT2D eigenvalue weighted by Crippen LogP contribution is -2.31. The number of aromatic nitrogens is 3. The fourth-order valence-corrected chi connectivity index (χ4v) is 4.78. The molecule has 39 heavy (non-hydrogen) atoms. The topological polar surface area (TPSA) is 118 Å². The highest BCUT2D eigenvalue weighted by atomic mass is 16.6. The Bertz CT molecular complexity index is 1520. The third kappa shape index (κ3) is 5.08. The van der Waals surface area contributed by atoms with Crippen LogP contribution in [0.15, 0.2) is 90.1 Å². The van der Waals surface area contributed by atoms with Crippen LogP contribution in [-0.2, 0) is 4.79 Å². The number of nitrogens with zero attached hydrogens (tertiary/aromatic N) is 5. The van der Waals surface area contributed by atoms with Gasteiger partial charge >= 0.3 is 0 Å². The van der Waals surface area contributed by atoms with E-state index in [1.54, 1.807) is 16.8 Å². The molecule has 1 aliphatic heterocycles. The first-order valence-electron chi connectivity index (χ1n) is 12.8. The molecule has 2 N–H and O–H groups in total. The van der Waals surface area contributed by atoms with E-state index in [1.807, 2.05) is 61.5 Å². The number of amides is 1. The minimum absolute atomic E-state index is 0.0310. The summed E-state index contributed by atoms with van der Waals surface area (Å²) in [5.74, 6) is 0.684. The molecule has 1 atom stereocenters. The molecule has 10 heteroatoms. The molecule has 4 aromatic rings. The van der Waals surface area contributed by atoms with Gasteiger partial charge < -0.3 is 15.5 Å². The van der Waals surface area contributed by atoms with E-state index in [1.165, 1.54) is 12.1 Å². The lowest BCUT2D eigenvalue weighted by molar-refractivity contribution is -0.384. The van der Waals surface area contributed by atoms with Gasteiger partial charge in [-0.3, -0.25) is 14.9 Å². The van der Waals surface area contributed by atoms with Gasteiger partial charge in [-0.25, -0.2) is 4.68 Å². The van der Waals surface area contributed by atoms with Gasteiger partial charge in [0, 0.05) is 47.9 Å². The number of anilines is 3. The number of hydrogen-bond acceptors (Lipinski definition) is 7. The number of carbonyl (C=O) groups is 1. The minimum Gasteiger partial charge on any atom is -0.372 e. The number of hydrogen-bond donors (Lipinski definition) is 2. The fourth-order valence-electron chi connectivity index (χ4n) is 4.78. The van der Waals surface area contributed by atoms with E-state index in [9.17, 15) is 14.9 Å². The number of allylic oxidation sites excluding steroid dienone is 1. The molecule has 0 aliphatic carbocycles. The number of fused-ring (bicyclic) bond motifs is 1. The highest BCUT2D eigenvalue weighted by Crippen LogP contribution is 2.37. The van der Waals surface area contributed by atoms with Crippen LogP contribution in [0.3, 0.4) is 0 Å². The summed E-state index contributed by atoms with van der Waals surface area (Å²) >= 11 is 0. The predicted molar refractivity (Wildman–Crippen MR) is 152 cm³/mol. The Kier molecular flexibility index (Phi) is 7.09. The summed E-state index contributed by atoms with van der Waals surface area (Å²) in [6, 6.07) is 22.8. The number of nitro benzene ring substituents is 1. The van der Waals surface area contributed by atoms with Crippen LogP contribution in [0.1, 0.15) is 32.4 Å². The zero-order chi connectivity index (χ0) is 27.5. The normalized spacial score (nSPS) is 14.4. The molecule has 1 aliphatic rings. The van der Waals surface area contributed by atoms with Gasteiger partial charge in [0.15, 0.2) is 5.82 Å². The lowest BCUT2D eigenvalue weighted by atomic mass is 9.95. The number of para-hydroxylation sites is 1. The smallest absolute Gasteiger partial charge is 0.269 e. The van der Waals surface area contributed by atoms with Crippen molar-refractivity contribution in [1.82, 2.24) is 14.8 Å². The van der Waals surface area contributed by atoms with Gasteiger partial charge in [0.2, 0.25) is 5.95 Å². The monoisotopic (exact) mass is 523 g/mol. The van der Waals surface area contributed by atoms with Crippen LogP contribution in [0.5, 0.6) is 0 Å². The van der Waals surface area contributed by atoms with Crippen LogP contribution in [0.2, 0.25) is 0 Å². The predicted octanol–water partition coefficient (Wildman–Crippen LogP) is 5.63. The van der Waals surface area contributed by atoms with E-state index in [4.69, 9.17) is 10.1 Å². The van der Waals surface area contributed by atoms with Crippen molar-refractivity contribution < 1.29 is 9.72 Å². The molecule has 0 spiro atoms. The molecule has 0 fully saturated rings. The molecule has 5 rings (SSSR count). The highest BCUT2D eigenvalue weighted by Gasteiger charge is 2.34. The van der Waals surface area contributed by atoms with Crippen molar-refractivity contribution in [2.75, 3.05) is 28.6 Å². The van der Waals surface area contributed by atoms with Gasteiger partial charge in [-0.05, 0) is 74.9 Å². The maximum absolute atomic E-state index is 13.6. The summed E-state index contributed by atoms with van der Waals surface area (Å²) in [4.78, 5) is 31.4. The van der Waals surface area contributed by atoms with Crippen LogP contribution >= 0.6 is 0 Å². The largest absolute Gasteiger partial charge is 0.372 e. The first kappa shape index (κ1) is 25.7. The standard InChI is InChI=1S/C29H29N7O3/c1-4-34(5-2)23-15-13-21(14-16-23)27-32-29-30-19(3)25(28(37)31-22-9-7-6-8-10-22)26(35(29)33-27)20-11-17-24(18-12-20)36(38)39/h6-18,26H,4-5H2,1-3H3,(H,31,37)(H,30,32,33). The minimum atomic E-state index is -0.651.